The van der Waals surface area contributed by atoms with Crippen LogP contribution in [0.4, 0.5) is 0 Å². The summed E-state index contributed by atoms with van der Waals surface area (Å²) in [6, 6.07) is 14.9. The van der Waals surface area contributed by atoms with Gasteiger partial charge in [-0.05, 0) is 69.0 Å². The van der Waals surface area contributed by atoms with Gasteiger partial charge in [-0.3, -0.25) is 0 Å². The standard InChI is InChI=1S/C26H34N4O3S/c1-5-20(6-2)25-27-26(30(28-25)22-9-7-19(3)8-10-22)21-15-17-29(18-16-21)34(31,32)24-13-11-23(33-4)12-14-24/h7-14,20-21H,5-6,15-18H2,1-4H3. The van der Waals surface area contributed by atoms with E-state index in [1.54, 1.807) is 35.7 Å². The van der Waals surface area contributed by atoms with Crippen LogP contribution in [0.3, 0.4) is 0 Å². The molecule has 0 aliphatic carbocycles. The first-order chi connectivity index (χ1) is 16.4. The molecule has 182 valence electrons. The lowest BCUT2D eigenvalue weighted by Crippen LogP contribution is -2.38. The van der Waals surface area contributed by atoms with Crippen LogP contribution < -0.4 is 4.74 Å². The Morgan fingerprint density at radius 1 is 1.00 bits per heavy atom. The van der Waals surface area contributed by atoms with Gasteiger partial charge in [-0.15, -0.1) is 0 Å². The van der Waals surface area contributed by atoms with Crippen molar-refractivity contribution in [2.45, 2.75) is 63.2 Å². The summed E-state index contributed by atoms with van der Waals surface area (Å²) in [7, 11) is -1.97. The molecule has 2 heterocycles. The first-order valence-electron chi connectivity index (χ1n) is 12.1. The summed E-state index contributed by atoms with van der Waals surface area (Å²) in [5.41, 5.74) is 2.20. The van der Waals surface area contributed by atoms with E-state index >= 15 is 0 Å². The molecule has 8 heteroatoms. The molecule has 7 nitrogen and oxygen atoms in total. The molecule has 0 bridgehead atoms. The second-order valence-electron chi connectivity index (χ2n) is 8.94. The molecule has 3 aromatic rings. The maximum atomic E-state index is 13.2. The molecule has 0 amide bonds. The van der Waals surface area contributed by atoms with Gasteiger partial charge < -0.3 is 4.74 Å². The highest BCUT2D eigenvalue weighted by molar-refractivity contribution is 7.89. The first-order valence-corrected chi connectivity index (χ1v) is 13.5. The number of rotatable bonds is 8. The van der Waals surface area contributed by atoms with Gasteiger partial charge in [0.05, 0.1) is 17.7 Å². The van der Waals surface area contributed by atoms with Crippen molar-refractivity contribution in [1.82, 2.24) is 19.1 Å². The van der Waals surface area contributed by atoms with Crippen LogP contribution in [-0.4, -0.2) is 47.7 Å². The molecule has 4 rings (SSSR count). The van der Waals surface area contributed by atoms with Crippen LogP contribution in [0.5, 0.6) is 5.75 Å². The van der Waals surface area contributed by atoms with Gasteiger partial charge >= 0.3 is 0 Å². The van der Waals surface area contributed by atoms with E-state index in [0.29, 0.717) is 42.5 Å². The molecular formula is C26H34N4O3S. The van der Waals surface area contributed by atoms with Gasteiger partial charge in [0.1, 0.15) is 11.6 Å². The van der Waals surface area contributed by atoms with Gasteiger partial charge in [-0.2, -0.15) is 9.40 Å². The second kappa shape index (κ2) is 10.3. The lowest BCUT2D eigenvalue weighted by Gasteiger charge is -2.30. The number of sulfonamides is 1. The van der Waals surface area contributed by atoms with Crippen LogP contribution in [0.25, 0.3) is 5.69 Å². The molecule has 0 unspecified atom stereocenters. The van der Waals surface area contributed by atoms with Crippen molar-refractivity contribution < 1.29 is 13.2 Å². The summed E-state index contributed by atoms with van der Waals surface area (Å²) in [4.78, 5) is 5.31. The van der Waals surface area contributed by atoms with Crippen molar-refractivity contribution in [3.63, 3.8) is 0 Å². The van der Waals surface area contributed by atoms with Gasteiger partial charge in [-0.1, -0.05) is 31.5 Å². The molecule has 0 saturated carbocycles. The van der Waals surface area contributed by atoms with E-state index in [2.05, 4.69) is 45.0 Å². The number of nitrogens with zero attached hydrogens (tertiary/aromatic N) is 4. The number of ether oxygens (including phenoxy) is 1. The molecule has 0 radical (unpaired) electrons. The predicted octanol–water partition coefficient (Wildman–Crippen LogP) is 5.06. The minimum atomic E-state index is -3.54. The molecule has 0 spiro atoms. The Morgan fingerprint density at radius 2 is 1.62 bits per heavy atom. The molecular weight excluding hydrogens is 448 g/mol. The topological polar surface area (TPSA) is 77.3 Å². The van der Waals surface area contributed by atoms with Gasteiger partial charge in [0.15, 0.2) is 5.82 Å². The normalized spacial score (nSPS) is 15.7. The number of hydrogen-bond donors (Lipinski definition) is 0. The van der Waals surface area contributed by atoms with Gasteiger partial charge in [0.2, 0.25) is 10.0 Å². The number of methoxy groups -OCH3 is 1. The highest BCUT2D eigenvalue weighted by atomic mass is 32.2. The third kappa shape index (κ3) is 4.88. The van der Waals surface area contributed by atoms with E-state index in [0.717, 1.165) is 30.2 Å². The van der Waals surface area contributed by atoms with Gasteiger partial charge in [0.25, 0.3) is 0 Å². The summed E-state index contributed by atoms with van der Waals surface area (Å²) < 4.78 is 35.1. The lowest BCUT2D eigenvalue weighted by atomic mass is 9.97. The zero-order chi connectivity index (χ0) is 24.3. The van der Waals surface area contributed by atoms with Crippen molar-refractivity contribution in [2.24, 2.45) is 0 Å². The van der Waals surface area contributed by atoms with E-state index in [9.17, 15) is 8.42 Å². The zero-order valence-corrected chi connectivity index (χ0v) is 21.3. The molecule has 34 heavy (non-hydrogen) atoms. The zero-order valence-electron chi connectivity index (χ0n) is 20.4. The van der Waals surface area contributed by atoms with E-state index in [1.165, 1.54) is 5.56 Å². The van der Waals surface area contributed by atoms with Crippen molar-refractivity contribution in [3.05, 3.63) is 65.7 Å². The van der Waals surface area contributed by atoms with Crippen LogP contribution in [0, 0.1) is 6.92 Å². The average molecular weight is 483 g/mol. The predicted molar refractivity (Wildman–Crippen MR) is 133 cm³/mol. The molecule has 0 N–H and O–H groups in total. The summed E-state index contributed by atoms with van der Waals surface area (Å²) >= 11 is 0. The Morgan fingerprint density at radius 3 is 2.18 bits per heavy atom. The van der Waals surface area contributed by atoms with Gasteiger partial charge in [0, 0.05) is 24.9 Å². The smallest absolute Gasteiger partial charge is 0.243 e. The summed E-state index contributed by atoms with van der Waals surface area (Å²) in [5.74, 6) is 2.93. The fraction of sp³-hybridized carbons (Fsp3) is 0.462. The lowest BCUT2D eigenvalue weighted by molar-refractivity contribution is 0.311. The number of benzene rings is 2. The Hall–Kier alpha value is -2.71. The maximum Gasteiger partial charge on any atom is 0.243 e. The highest BCUT2D eigenvalue weighted by Gasteiger charge is 2.33. The molecule has 1 aliphatic rings. The second-order valence-corrected chi connectivity index (χ2v) is 10.9. The third-order valence-electron chi connectivity index (χ3n) is 6.79. The fourth-order valence-electron chi connectivity index (χ4n) is 4.56. The molecule has 1 aliphatic heterocycles. The van der Waals surface area contributed by atoms with Crippen molar-refractivity contribution in [1.29, 1.82) is 0 Å². The van der Waals surface area contributed by atoms with Crippen LogP contribution in [0.2, 0.25) is 0 Å². The number of aryl methyl sites for hydroxylation is 1. The molecule has 0 atom stereocenters. The van der Waals surface area contributed by atoms with E-state index in [-0.39, 0.29) is 5.92 Å². The SMILES string of the molecule is CCC(CC)c1nc(C2CCN(S(=O)(=O)c3ccc(OC)cc3)CC2)n(-c2ccc(C)cc2)n1. The van der Waals surface area contributed by atoms with E-state index < -0.39 is 10.0 Å². The van der Waals surface area contributed by atoms with Crippen molar-refractivity contribution >= 4 is 10.0 Å². The third-order valence-corrected chi connectivity index (χ3v) is 8.71. The molecule has 1 saturated heterocycles. The summed E-state index contributed by atoms with van der Waals surface area (Å²) in [6.45, 7) is 7.33. The van der Waals surface area contributed by atoms with Crippen LogP contribution in [-0.2, 0) is 10.0 Å². The summed E-state index contributed by atoms with van der Waals surface area (Å²) in [6.07, 6.45) is 3.41. The molecule has 2 aromatic carbocycles. The minimum Gasteiger partial charge on any atom is -0.497 e. The van der Waals surface area contributed by atoms with E-state index in [1.807, 2.05) is 4.68 Å². The Kier molecular flexibility index (Phi) is 7.38. The average Bonchev–Trinajstić information content (AvgIpc) is 3.30. The fourth-order valence-corrected chi connectivity index (χ4v) is 6.03. The summed E-state index contributed by atoms with van der Waals surface area (Å²) in [5, 5.41) is 4.92. The van der Waals surface area contributed by atoms with Crippen molar-refractivity contribution in [3.8, 4) is 11.4 Å². The van der Waals surface area contributed by atoms with Crippen LogP contribution in [0.15, 0.2) is 53.4 Å². The molecule has 1 fully saturated rings. The number of piperidine rings is 1. The van der Waals surface area contributed by atoms with Crippen molar-refractivity contribution in [2.75, 3.05) is 20.2 Å². The number of hydrogen-bond acceptors (Lipinski definition) is 5. The van der Waals surface area contributed by atoms with Crippen LogP contribution in [0.1, 0.15) is 68.6 Å². The highest BCUT2D eigenvalue weighted by Crippen LogP contribution is 2.33. The molecule has 1 aromatic heterocycles. The minimum absolute atomic E-state index is 0.152. The Bertz CT molecular complexity index is 1190. The first kappa shape index (κ1) is 24.4. The quantitative estimate of drug-likeness (QED) is 0.449. The Labute approximate surface area is 202 Å². The van der Waals surface area contributed by atoms with Gasteiger partial charge in [-0.25, -0.2) is 18.1 Å². The largest absolute Gasteiger partial charge is 0.497 e. The van der Waals surface area contributed by atoms with E-state index in [4.69, 9.17) is 14.8 Å². The van der Waals surface area contributed by atoms with Crippen LogP contribution >= 0.6 is 0 Å². The number of aromatic nitrogens is 3. The Balaban J connectivity index is 1.58. The maximum absolute atomic E-state index is 13.2. The monoisotopic (exact) mass is 482 g/mol.